The van der Waals surface area contributed by atoms with Crippen LogP contribution in [-0.2, 0) is 40.2 Å². The molecule has 0 radical (unpaired) electrons. The molecule has 0 bridgehead atoms. The average Bonchev–Trinajstić information content (AvgIpc) is 2.12. The maximum absolute atomic E-state index is 8.68. The molecule has 4 nitrogen and oxygen atoms in total. The van der Waals surface area contributed by atoms with Gasteiger partial charge in [0.25, 0.3) is 0 Å². The second-order valence-electron chi connectivity index (χ2n) is 0.816. The van der Waals surface area contributed by atoms with Crippen molar-refractivity contribution in [3.8, 4) is 0 Å². The van der Waals surface area contributed by atoms with Crippen molar-refractivity contribution < 1.29 is 40.2 Å². The average molecular weight is 397 g/mol. The van der Waals surface area contributed by atoms with Gasteiger partial charge in [0.2, 0.25) is 0 Å². The van der Waals surface area contributed by atoms with Crippen LogP contribution in [-0.4, -0.2) is 25.1 Å². The van der Waals surface area contributed by atoms with Gasteiger partial charge in [-0.1, -0.05) is 13.8 Å². The molecule has 0 aliphatic rings. The summed E-state index contributed by atoms with van der Waals surface area (Å²) in [5, 5.41) is 0. The molecule has 0 rings (SSSR count). The van der Waals surface area contributed by atoms with Crippen molar-refractivity contribution in [1.29, 1.82) is 0 Å². The molecular weight excluding hydrogens is 379 g/mol. The van der Waals surface area contributed by atoms with Crippen molar-refractivity contribution in [2.75, 3.05) is 0 Å². The summed E-state index contributed by atoms with van der Waals surface area (Å²) in [6.45, 7) is 9.28. The van der Waals surface area contributed by atoms with Crippen LogP contribution in [0.15, 0.2) is 0 Å². The van der Waals surface area contributed by atoms with Gasteiger partial charge in [0, 0.05) is 0 Å². The third-order valence-corrected chi connectivity index (χ3v) is 0. The molecule has 0 saturated heterocycles. The monoisotopic (exact) mass is 397 g/mol. The van der Waals surface area contributed by atoms with E-state index in [2.05, 4.69) is 0 Å². The number of hydrogen-bond acceptors (Lipinski definition) is 4. The van der Waals surface area contributed by atoms with Crippen LogP contribution in [0.1, 0.15) is 41.5 Å². The zero-order valence-electron chi connectivity index (χ0n) is 9.95. The van der Waals surface area contributed by atoms with Crippen LogP contribution in [0.5, 0.6) is 0 Å². The second kappa shape index (κ2) is 180. The van der Waals surface area contributed by atoms with Crippen LogP contribution in [0, 0.1) is 0 Å². The van der Waals surface area contributed by atoms with Crippen molar-refractivity contribution >= 4 is 25.1 Å². The van der Waals surface area contributed by atoms with Crippen LogP contribution >= 0.6 is 0 Å². The summed E-state index contributed by atoms with van der Waals surface area (Å²) in [7, 11) is 0. The van der Waals surface area contributed by atoms with E-state index in [1.165, 1.54) is 52.8 Å². The third kappa shape index (κ3) is 4330. The third-order valence-electron chi connectivity index (χ3n) is 0. The molecule has 0 fully saturated rings. The molecule has 0 unspecified atom stereocenters. The van der Waals surface area contributed by atoms with Crippen LogP contribution in [0.3, 0.4) is 0 Å². The summed E-state index contributed by atoms with van der Waals surface area (Å²) in [6, 6.07) is 0. The van der Waals surface area contributed by atoms with E-state index in [4.69, 9.17) is 19.2 Å². The maximum atomic E-state index is 8.68. The second-order valence-corrected chi connectivity index (χ2v) is 0.816. The standard InChI is InChI=1S/4C2H3O.C2H6.Pt/c4*1-2-3;1-2;/h4*1H3;1-2H3;/q4*-1;;+4. The van der Waals surface area contributed by atoms with Gasteiger partial charge in [-0.15, -0.1) is 0 Å². The fraction of sp³-hybridized carbons (Fsp3) is 0.600. The van der Waals surface area contributed by atoms with Crippen molar-refractivity contribution in [1.82, 2.24) is 0 Å². The van der Waals surface area contributed by atoms with Crippen LogP contribution in [0.25, 0.3) is 0 Å². The minimum Gasteiger partial charge on any atom is -0.542 e. The Hall–Kier alpha value is -0.632. The molecule has 0 aromatic rings. The summed E-state index contributed by atoms with van der Waals surface area (Å²) < 4.78 is 0. The van der Waals surface area contributed by atoms with E-state index >= 15 is 0 Å². The van der Waals surface area contributed by atoms with Gasteiger partial charge in [-0.25, -0.2) is 0 Å². The quantitative estimate of drug-likeness (QED) is 0.581. The Balaban J connectivity index is -0.0000000167. The van der Waals surface area contributed by atoms with Gasteiger partial charge >= 0.3 is 21.1 Å². The van der Waals surface area contributed by atoms with Gasteiger partial charge in [-0.3, -0.25) is 25.1 Å². The molecule has 15 heavy (non-hydrogen) atoms. The smallest absolute Gasteiger partial charge is 0.542 e. The van der Waals surface area contributed by atoms with Crippen LogP contribution < -0.4 is 0 Å². The molecule has 0 saturated carbocycles. The van der Waals surface area contributed by atoms with E-state index in [0.717, 1.165) is 0 Å². The number of hydrogen-bond donors (Lipinski definition) is 0. The molecule has 0 spiro atoms. The van der Waals surface area contributed by atoms with E-state index in [1.54, 1.807) is 0 Å². The molecule has 0 aliphatic heterocycles. The summed E-state index contributed by atoms with van der Waals surface area (Å²) in [4.78, 5) is 34.7. The minimum atomic E-state index is 0. The van der Waals surface area contributed by atoms with Crippen molar-refractivity contribution in [3.63, 3.8) is 0 Å². The maximum Gasteiger partial charge on any atom is 4.00 e. The topological polar surface area (TPSA) is 68.3 Å². The summed E-state index contributed by atoms with van der Waals surface area (Å²) >= 11 is 0. The first kappa shape index (κ1) is 36.7. The first-order valence-corrected chi connectivity index (χ1v) is 3.82. The molecule has 0 heterocycles. The first-order chi connectivity index (χ1) is 6.66. The molecule has 5 heteroatoms. The Morgan fingerprint density at radius 2 is 0.533 bits per heavy atom. The van der Waals surface area contributed by atoms with E-state index in [-0.39, 0.29) is 21.1 Å². The Bertz CT molecular complexity index is 71.4. The number of rotatable bonds is 0. The van der Waals surface area contributed by atoms with E-state index in [9.17, 15) is 0 Å². The van der Waals surface area contributed by atoms with Gasteiger partial charge in [0.15, 0.2) is 0 Å². The number of carbonyl (C=O) groups excluding carboxylic acids is 4. The fourth-order valence-electron chi connectivity index (χ4n) is 0. The Morgan fingerprint density at radius 1 is 0.533 bits per heavy atom. The Labute approximate surface area is 107 Å². The Morgan fingerprint density at radius 3 is 0.533 bits per heavy atom. The van der Waals surface area contributed by atoms with Crippen molar-refractivity contribution in [3.05, 3.63) is 0 Å². The molecular formula is C10H18O4Pt. The molecule has 0 aliphatic carbocycles. The zero-order chi connectivity index (χ0) is 12.8. The Kier molecular flexibility index (Phi) is 441. The molecule has 92 valence electrons. The fourth-order valence-corrected chi connectivity index (χ4v) is 0. The minimum absolute atomic E-state index is 0. The van der Waals surface area contributed by atoms with Crippen molar-refractivity contribution in [2.24, 2.45) is 0 Å². The summed E-state index contributed by atoms with van der Waals surface area (Å²) in [5.41, 5.74) is 0. The van der Waals surface area contributed by atoms with Crippen LogP contribution in [0.2, 0.25) is 0 Å². The van der Waals surface area contributed by atoms with Gasteiger partial charge in [-0.05, 0) is 0 Å². The predicted octanol–water partition coefficient (Wildman–Crippen LogP) is 1.49. The SMILES string of the molecule is CC.C[C-]=O.C[C-]=O.C[C-]=O.C[C-]=O.[Pt+4]. The van der Waals surface area contributed by atoms with Gasteiger partial charge in [-0.2, -0.15) is 27.7 Å². The van der Waals surface area contributed by atoms with E-state index < -0.39 is 0 Å². The molecule has 0 aromatic carbocycles. The first-order valence-electron chi connectivity index (χ1n) is 3.82. The van der Waals surface area contributed by atoms with Gasteiger partial charge in [0.1, 0.15) is 0 Å². The zero-order valence-corrected chi connectivity index (χ0v) is 12.2. The summed E-state index contributed by atoms with van der Waals surface area (Å²) in [5.74, 6) is 0. The van der Waals surface area contributed by atoms with Crippen molar-refractivity contribution in [2.45, 2.75) is 41.5 Å². The van der Waals surface area contributed by atoms with E-state index in [1.807, 2.05) is 13.8 Å². The molecule has 0 atom stereocenters. The normalized spacial score (nSPS) is 3.87. The molecule has 0 N–H and O–H groups in total. The van der Waals surface area contributed by atoms with Gasteiger partial charge < -0.3 is 19.2 Å². The molecule has 0 aromatic heterocycles. The van der Waals surface area contributed by atoms with E-state index in [0.29, 0.717) is 0 Å². The van der Waals surface area contributed by atoms with Gasteiger partial charge in [0.05, 0.1) is 0 Å². The summed E-state index contributed by atoms with van der Waals surface area (Å²) in [6.07, 6.45) is 6.00. The predicted molar refractivity (Wildman–Crippen MR) is 56.8 cm³/mol. The van der Waals surface area contributed by atoms with Crippen LogP contribution in [0.4, 0.5) is 0 Å². The molecule has 0 amide bonds. The largest absolute Gasteiger partial charge is 4.00 e.